The molecule has 0 spiro atoms. The number of aryl methyl sites for hydroxylation is 1. The maximum Gasteiger partial charge on any atom is 0.123 e. The summed E-state index contributed by atoms with van der Waals surface area (Å²) in [4.78, 5) is 3.37. The molecular formula is C31H31BrFN3O. The predicted molar refractivity (Wildman–Crippen MR) is 149 cm³/mol. The van der Waals surface area contributed by atoms with Crippen molar-refractivity contribution >= 4 is 26.8 Å². The van der Waals surface area contributed by atoms with Crippen LogP contribution in [0.1, 0.15) is 59.9 Å². The minimum atomic E-state index is -0.604. The number of nitrogens with zero attached hydrogens (tertiary/aromatic N) is 1. The van der Waals surface area contributed by atoms with Gasteiger partial charge in [0.25, 0.3) is 0 Å². The molecule has 0 saturated carbocycles. The Balaban J connectivity index is 1.10. The van der Waals surface area contributed by atoms with Gasteiger partial charge >= 0.3 is 0 Å². The van der Waals surface area contributed by atoms with Crippen molar-refractivity contribution in [1.82, 2.24) is 10.3 Å². The van der Waals surface area contributed by atoms with Crippen LogP contribution in [0.3, 0.4) is 0 Å². The highest BCUT2D eigenvalue weighted by atomic mass is 79.9. The molecule has 6 heteroatoms. The average molecular weight is 561 g/mol. The number of benzene rings is 3. The van der Waals surface area contributed by atoms with Crippen LogP contribution in [0, 0.1) is 17.1 Å². The molecule has 1 unspecified atom stereocenters. The molecule has 0 bridgehead atoms. The van der Waals surface area contributed by atoms with Gasteiger partial charge < -0.3 is 15.0 Å². The highest BCUT2D eigenvalue weighted by Gasteiger charge is 2.41. The Morgan fingerprint density at radius 2 is 1.84 bits per heavy atom. The minimum Gasteiger partial charge on any atom is -0.361 e. The number of ether oxygens (including phenoxy) is 1. The smallest absolute Gasteiger partial charge is 0.123 e. The number of fused-ring (bicyclic) bond motifs is 2. The topological polar surface area (TPSA) is 60.8 Å². The summed E-state index contributed by atoms with van der Waals surface area (Å²) in [6, 6.07) is 21.0. The monoisotopic (exact) mass is 559 g/mol. The van der Waals surface area contributed by atoms with Crippen LogP contribution in [0.2, 0.25) is 0 Å². The summed E-state index contributed by atoms with van der Waals surface area (Å²) in [6.07, 6.45) is 8.44. The van der Waals surface area contributed by atoms with Crippen molar-refractivity contribution in [3.05, 3.63) is 105 Å². The van der Waals surface area contributed by atoms with Gasteiger partial charge in [-0.25, -0.2) is 4.39 Å². The van der Waals surface area contributed by atoms with E-state index in [1.54, 1.807) is 0 Å². The van der Waals surface area contributed by atoms with Gasteiger partial charge in [0, 0.05) is 21.6 Å². The molecular weight excluding hydrogens is 529 g/mol. The molecule has 190 valence electrons. The maximum absolute atomic E-state index is 13.6. The fraction of sp³-hybridized carbons (Fsp3) is 0.323. The first-order chi connectivity index (χ1) is 18.1. The van der Waals surface area contributed by atoms with E-state index in [2.05, 4.69) is 56.7 Å². The van der Waals surface area contributed by atoms with E-state index in [1.165, 1.54) is 41.4 Å². The van der Waals surface area contributed by atoms with Crippen molar-refractivity contribution in [2.24, 2.45) is 0 Å². The van der Waals surface area contributed by atoms with E-state index < -0.39 is 5.60 Å². The number of hydrogen-bond acceptors (Lipinski definition) is 3. The predicted octanol–water partition coefficient (Wildman–Crippen LogP) is 7.50. The van der Waals surface area contributed by atoms with Crippen molar-refractivity contribution in [2.75, 3.05) is 13.1 Å². The molecule has 1 aliphatic rings. The van der Waals surface area contributed by atoms with Gasteiger partial charge in [-0.05, 0) is 110 Å². The quantitative estimate of drug-likeness (QED) is 0.187. The number of hydrogen-bond donors (Lipinski definition) is 2. The minimum absolute atomic E-state index is 0.254. The zero-order valence-corrected chi connectivity index (χ0v) is 22.4. The van der Waals surface area contributed by atoms with Crippen LogP contribution in [-0.2, 0) is 23.4 Å². The Kier molecular flexibility index (Phi) is 8.05. The molecule has 5 rings (SSSR count). The largest absolute Gasteiger partial charge is 0.361 e. The van der Waals surface area contributed by atoms with E-state index in [1.807, 2.05) is 30.3 Å². The van der Waals surface area contributed by atoms with Gasteiger partial charge in [0.1, 0.15) is 11.4 Å². The fourth-order valence-electron chi connectivity index (χ4n) is 5.45. The van der Waals surface area contributed by atoms with E-state index >= 15 is 0 Å². The molecule has 37 heavy (non-hydrogen) atoms. The van der Waals surface area contributed by atoms with E-state index in [4.69, 9.17) is 4.74 Å². The summed E-state index contributed by atoms with van der Waals surface area (Å²) in [5, 5.41) is 14.2. The number of rotatable bonds is 11. The summed E-state index contributed by atoms with van der Waals surface area (Å²) >= 11 is 3.57. The molecule has 0 fully saturated rings. The molecule has 0 radical (unpaired) electrons. The normalized spacial score (nSPS) is 16.7. The number of aromatic amines is 1. The fourth-order valence-corrected chi connectivity index (χ4v) is 5.81. The van der Waals surface area contributed by atoms with Crippen molar-refractivity contribution in [2.45, 2.75) is 50.7 Å². The Morgan fingerprint density at radius 3 is 2.68 bits per heavy atom. The Bertz CT molecular complexity index is 1410. The number of unbranched alkanes of at least 4 members (excludes halogenated alkanes) is 2. The second-order valence-electron chi connectivity index (χ2n) is 9.77. The third kappa shape index (κ3) is 5.65. The van der Waals surface area contributed by atoms with Crippen molar-refractivity contribution in [1.29, 1.82) is 5.26 Å². The third-order valence-corrected chi connectivity index (χ3v) is 7.86. The highest BCUT2D eigenvalue weighted by Crippen LogP contribution is 2.45. The summed E-state index contributed by atoms with van der Waals surface area (Å²) in [6.45, 7) is 2.35. The van der Waals surface area contributed by atoms with Crippen molar-refractivity contribution in [3.8, 4) is 6.07 Å². The molecule has 3 aromatic carbocycles. The van der Waals surface area contributed by atoms with Crippen LogP contribution in [-0.4, -0.2) is 18.1 Å². The van der Waals surface area contributed by atoms with E-state index in [0.717, 1.165) is 59.9 Å². The van der Waals surface area contributed by atoms with Gasteiger partial charge in [-0.1, -0.05) is 40.5 Å². The first-order valence-electron chi connectivity index (χ1n) is 13.0. The molecule has 2 N–H and O–H groups in total. The lowest BCUT2D eigenvalue weighted by atomic mass is 9.81. The SMILES string of the molecule is N#Cc1ccc2c(c1)COC2(CCCNCCCCCc1c[nH]c2ccc(Br)cc12)c1ccc(F)cc1. The molecule has 1 aromatic heterocycles. The van der Waals surface area contributed by atoms with Crippen LogP contribution in [0.15, 0.2) is 71.3 Å². The zero-order valence-electron chi connectivity index (χ0n) is 20.8. The van der Waals surface area contributed by atoms with E-state index in [0.29, 0.717) is 12.2 Å². The third-order valence-electron chi connectivity index (χ3n) is 7.37. The van der Waals surface area contributed by atoms with E-state index in [9.17, 15) is 9.65 Å². The number of nitrogens with one attached hydrogen (secondary N) is 2. The van der Waals surface area contributed by atoms with Crippen LogP contribution < -0.4 is 5.32 Å². The highest BCUT2D eigenvalue weighted by molar-refractivity contribution is 9.10. The van der Waals surface area contributed by atoms with Gasteiger partial charge in [0.05, 0.1) is 18.2 Å². The molecule has 0 amide bonds. The molecule has 1 atom stereocenters. The summed E-state index contributed by atoms with van der Waals surface area (Å²) in [5.41, 5.74) is 5.69. The second kappa shape index (κ2) is 11.6. The zero-order chi connectivity index (χ0) is 25.7. The Hall–Kier alpha value is -2.98. The molecule has 4 aromatic rings. The lowest BCUT2D eigenvalue weighted by Crippen LogP contribution is -2.29. The van der Waals surface area contributed by atoms with Gasteiger partial charge in [0.2, 0.25) is 0 Å². The van der Waals surface area contributed by atoms with Crippen molar-refractivity contribution < 1.29 is 9.13 Å². The lowest BCUT2D eigenvalue weighted by Gasteiger charge is -2.30. The van der Waals surface area contributed by atoms with Gasteiger partial charge in [0.15, 0.2) is 0 Å². The van der Waals surface area contributed by atoms with Gasteiger partial charge in [-0.15, -0.1) is 0 Å². The molecule has 0 aliphatic carbocycles. The Labute approximate surface area is 226 Å². The summed E-state index contributed by atoms with van der Waals surface area (Å²) in [7, 11) is 0. The number of nitriles is 1. The van der Waals surface area contributed by atoms with Crippen LogP contribution >= 0.6 is 15.9 Å². The molecule has 0 saturated heterocycles. The number of H-pyrrole nitrogens is 1. The lowest BCUT2D eigenvalue weighted by molar-refractivity contribution is -0.0129. The molecule has 4 nitrogen and oxygen atoms in total. The maximum atomic E-state index is 13.6. The van der Waals surface area contributed by atoms with Gasteiger partial charge in [-0.3, -0.25) is 0 Å². The first kappa shape index (κ1) is 25.7. The second-order valence-corrected chi connectivity index (χ2v) is 10.7. The Morgan fingerprint density at radius 1 is 1.00 bits per heavy atom. The van der Waals surface area contributed by atoms with Crippen molar-refractivity contribution in [3.63, 3.8) is 0 Å². The van der Waals surface area contributed by atoms with Crippen LogP contribution in [0.5, 0.6) is 0 Å². The van der Waals surface area contributed by atoms with Crippen LogP contribution in [0.25, 0.3) is 10.9 Å². The van der Waals surface area contributed by atoms with Crippen LogP contribution in [0.4, 0.5) is 4.39 Å². The molecule has 2 heterocycles. The van der Waals surface area contributed by atoms with E-state index in [-0.39, 0.29) is 5.82 Å². The number of halogens is 2. The van der Waals surface area contributed by atoms with Gasteiger partial charge in [-0.2, -0.15) is 5.26 Å². The first-order valence-corrected chi connectivity index (χ1v) is 13.8. The number of aromatic nitrogens is 1. The molecule has 1 aliphatic heterocycles. The standard InChI is InChI=1S/C31H31BrFN3O/c32-26-9-13-30-28(18-26)23(20-36-30)5-2-1-3-15-35-16-4-14-31(25-7-10-27(33)11-8-25)29-12-6-22(19-34)17-24(29)21-37-31/h6-13,17-18,20,35-36H,1-5,14-16,21H2. The summed E-state index contributed by atoms with van der Waals surface area (Å²) in [5.74, 6) is -0.254. The average Bonchev–Trinajstić information content (AvgIpc) is 3.49. The summed E-state index contributed by atoms with van der Waals surface area (Å²) < 4.78 is 21.2.